The van der Waals surface area contributed by atoms with E-state index in [2.05, 4.69) is 43.9 Å². The second-order valence-electron chi connectivity index (χ2n) is 6.48. The summed E-state index contributed by atoms with van der Waals surface area (Å²) in [5.74, 6) is 0.0666. The van der Waals surface area contributed by atoms with Crippen LogP contribution in [-0.4, -0.2) is 45.9 Å². The molecule has 0 aromatic rings. The van der Waals surface area contributed by atoms with Gasteiger partial charge >= 0.3 is 0 Å². The Kier molecular flexibility index (Phi) is 7.86. The molecule has 0 aromatic heterocycles. The number of hydrogen-bond donors (Lipinski definition) is 0. The molecule has 6 nitrogen and oxygen atoms in total. The summed E-state index contributed by atoms with van der Waals surface area (Å²) in [6.07, 6.45) is 1.01. The molecule has 7 heteroatoms. The SMILES string of the molecule is CN(CCO[Si](C)(C)C(C)(C)C)C(=O)CCCN=[N+]=[N-]. The molecule has 20 heavy (non-hydrogen) atoms. The van der Waals surface area contributed by atoms with Crippen LogP contribution in [0.25, 0.3) is 10.4 Å². The second-order valence-corrected chi connectivity index (χ2v) is 11.3. The molecule has 0 saturated carbocycles. The third kappa shape index (κ3) is 6.93. The zero-order valence-corrected chi connectivity index (χ0v) is 14.6. The lowest BCUT2D eigenvalue weighted by Gasteiger charge is -2.36. The van der Waals surface area contributed by atoms with Crippen LogP contribution >= 0.6 is 0 Å². The molecular weight excluding hydrogens is 272 g/mol. The molecule has 0 aliphatic heterocycles. The zero-order chi connectivity index (χ0) is 15.8. The highest BCUT2D eigenvalue weighted by Crippen LogP contribution is 2.36. The molecule has 0 saturated heterocycles. The maximum absolute atomic E-state index is 11.8. The molecule has 0 atom stereocenters. The largest absolute Gasteiger partial charge is 0.415 e. The van der Waals surface area contributed by atoms with Crippen molar-refractivity contribution in [3.05, 3.63) is 10.4 Å². The van der Waals surface area contributed by atoms with E-state index in [1.807, 2.05) is 0 Å². The monoisotopic (exact) mass is 300 g/mol. The Morgan fingerprint density at radius 2 is 2.00 bits per heavy atom. The summed E-state index contributed by atoms with van der Waals surface area (Å²) in [7, 11) is 0.0469. The lowest BCUT2D eigenvalue weighted by molar-refractivity contribution is -0.130. The number of carbonyl (C=O) groups is 1. The molecule has 0 spiro atoms. The predicted octanol–water partition coefficient (Wildman–Crippen LogP) is 3.56. The zero-order valence-electron chi connectivity index (χ0n) is 13.6. The highest BCUT2D eigenvalue weighted by atomic mass is 28.4. The van der Waals surface area contributed by atoms with Crippen LogP contribution < -0.4 is 0 Å². The minimum atomic E-state index is -1.74. The van der Waals surface area contributed by atoms with E-state index in [-0.39, 0.29) is 10.9 Å². The maximum atomic E-state index is 11.8. The van der Waals surface area contributed by atoms with Crippen molar-refractivity contribution in [3.8, 4) is 0 Å². The Morgan fingerprint density at radius 1 is 1.40 bits per heavy atom. The van der Waals surface area contributed by atoms with Gasteiger partial charge in [0.2, 0.25) is 5.91 Å². The van der Waals surface area contributed by atoms with Gasteiger partial charge in [-0.1, -0.05) is 25.9 Å². The van der Waals surface area contributed by atoms with Crippen molar-refractivity contribution in [2.45, 2.75) is 51.7 Å². The molecule has 0 unspecified atom stereocenters. The van der Waals surface area contributed by atoms with Gasteiger partial charge in [-0.05, 0) is 30.1 Å². The molecule has 0 rings (SSSR count). The average Bonchev–Trinajstić information content (AvgIpc) is 2.32. The van der Waals surface area contributed by atoms with Crippen molar-refractivity contribution in [2.24, 2.45) is 5.11 Å². The molecule has 0 aromatic carbocycles. The van der Waals surface area contributed by atoms with Gasteiger partial charge in [-0.2, -0.15) is 0 Å². The first-order chi connectivity index (χ1) is 9.12. The summed E-state index contributed by atoms with van der Waals surface area (Å²) >= 11 is 0. The standard InChI is InChI=1S/C13H28N4O2Si/c1-13(2,3)20(5,6)19-11-10-17(4)12(18)8-7-9-15-16-14/h7-11H2,1-6H3. The molecule has 0 radical (unpaired) electrons. The smallest absolute Gasteiger partial charge is 0.222 e. The molecule has 0 aliphatic carbocycles. The van der Waals surface area contributed by atoms with Gasteiger partial charge in [0, 0.05) is 31.5 Å². The van der Waals surface area contributed by atoms with Crippen molar-refractivity contribution in [3.63, 3.8) is 0 Å². The Labute approximate surface area is 123 Å². The Bertz CT molecular complexity index is 360. The Hall–Kier alpha value is -1.04. The van der Waals surface area contributed by atoms with Crippen LogP contribution in [0.15, 0.2) is 5.11 Å². The molecule has 116 valence electrons. The summed E-state index contributed by atoms with van der Waals surface area (Å²) in [5.41, 5.74) is 8.15. The minimum absolute atomic E-state index is 0.0666. The summed E-state index contributed by atoms with van der Waals surface area (Å²) in [6.45, 7) is 12.6. The number of amides is 1. The van der Waals surface area contributed by atoms with Crippen molar-refractivity contribution in [1.29, 1.82) is 0 Å². The number of nitrogens with zero attached hydrogens (tertiary/aromatic N) is 4. The summed E-state index contributed by atoms with van der Waals surface area (Å²) in [4.78, 5) is 16.2. The molecular formula is C13H28N4O2Si. The van der Waals surface area contributed by atoms with Gasteiger partial charge < -0.3 is 9.33 Å². The number of likely N-dealkylation sites (N-methyl/N-ethyl adjacent to an activating group) is 1. The number of hydrogen-bond acceptors (Lipinski definition) is 3. The highest BCUT2D eigenvalue weighted by molar-refractivity contribution is 6.74. The highest BCUT2D eigenvalue weighted by Gasteiger charge is 2.36. The average molecular weight is 300 g/mol. The Balaban J connectivity index is 4.01. The van der Waals surface area contributed by atoms with Crippen LogP contribution in [0.5, 0.6) is 0 Å². The van der Waals surface area contributed by atoms with Crippen LogP contribution in [0, 0.1) is 0 Å². The van der Waals surface area contributed by atoms with Gasteiger partial charge in [0.05, 0.1) is 6.61 Å². The fraction of sp³-hybridized carbons (Fsp3) is 0.923. The van der Waals surface area contributed by atoms with Gasteiger partial charge in [0.25, 0.3) is 0 Å². The minimum Gasteiger partial charge on any atom is -0.415 e. The predicted molar refractivity (Wildman–Crippen MR) is 84.0 cm³/mol. The van der Waals surface area contributed by atoms with Crippen molar-refractivity contribution >= 4 is 14.2 Å². The van der Waals surface area contributed by atoms with E-state index in [4.69, 9.17) is 9.96 Å². The first-order valence-corrected chi connectivity index (χ1v) is 9.91. The van der Waals surface area contributed by atoms with E-state index < -0.39 is 8.32 Å². The third-order valence-electron chi connectivity index (χ3n) is 3.83. The van der Waals surface area contributed by atoms with Crippen molar-refractivity contribution < 1.29 is 9.22 Å². The molecule has 0 heterocycles. The van der Waals surface area contributed by atoms with Gasteiger partial charge in [-0.25, -0.2) is 0 Å². The van der Waals surface area contributed by atoms with E-state index >= 15 is 0 Å². The summed E-state index contributed by atoms with van der Waals surface area (Å²) in [5, 5.41) is 3.60. The van der Waals surface area contributed by atoms with E-state index in [1.54, 1.807) is 11.9 Å². The fourth-order valence-corrected chi connectivity index (χ4v) is 2.35. The van der Waals surface area contributed by atoms with Crippen molar-refractivity contribution in [1.82, 2.24) is 4.90 Å². The van der Waals surface area contributed by atoms with Crippen LogP contribution in [0.4, 0.5) is 0 Å². The van der Waals surface area contributed by atoms with Crippen LogP contribution in [0.3, 0.4) is 0 Å². The number of rotatable bonds is 8. The number of azide groups is 1. The first-order valence-electron chi connectivity index (χ1n) is 7.00. The lowest BCUT2D eigenvalue weighted by Crippen LogP contribution is -2.43. The normalized spacial score (nSPS) is 11.9. The van der Waals surface area contributed by atoms with Gasteiger partial charge in [0.15, 0.2) is 8.32 Å². The topological polar surface area (TPSA) is 78.3 Å². The molecule has 0 N–H and O–H groups in total. The van der Waals surface area contributed by atoms with Crippen LogP contribution in [0.1, 0.15) is 33.6 Å². The van der Waals surface area contributed by atoms with Crippen molar-refractivity contribution in [2.75, 3.05) is 26.7 Å². The molecule has 1 amide bonds. The first kappa shape index (κ1) is 19.0. The fourth-order valence-electron chi connectivity index (χ4n) is 1.32. The van der Waals surface area contributed by atoms with E-state index in [0.717, 1.165) is 0 Å². The molecule has 0 aliphatic rings. The van der Waals surface area contributed by atoms with Gasteiger partial charge in [-0.15, -0.1) is 0 Å². The lowest BCUT2D eigenvalue weighted by atomic mass is 10.2. The Morgan fingerprint density at radius 3 is 2.50 bits per heavy atom. The second kappa shape index (κ2) is 8.29. The van der Waals surface area contributed by atoms with E-state index in [9.17, 15) is 4.79 Å². The summed E-state index contributed by atoms with van der Waals surface area (Å²) in [6, 6.07) is 0. The van der Waals surface area contributed by atoms with Crippen LogP contribution in [0.2, 0.25) is 18.1 Å². The third-order valence-corrected chi connectivity index (χ3v) is 8.37. The van der Waals surface area contributed by atoms with Gasteiger partial charge in [-0.3, -0.25) is 4.79 Å². The van der Waals surface area contributed by atoms with Crippen LogP contribution in [-0.2, 0) is 9.22 Å². The summed E-state index contributed by atoms with van der Waals surface area (Å²) < 4.78 is 6.04. The van der Waals surface area contributed by atoms with E-state index in [0.29, 0.717) is 32.5 Å². The maximum Gasteiger partial charge on any atom is 0.222 e. The quantitative estimate of drug-likeness (QED) is 0.226. The molecule has 0 fully saturated rings. The molecule has 0 bridgehead atoms. The van der Waals surface area contributed by atoms with E-state index in [1.165, 1.54) is 0 Å². The number of carbonyl (C=O) groups excluding carboxylic acids is 1. The van der Waals surface area contributed by atoms with Gasteiger partial charge in [0.1, 0.15) is 0 Å².